The van der Waals surface area contributed by atoms with Crippen LogP contribution in [-0.4, -0.2) is 74.8 Å². The molecule has 4 rings (SSSR count). The van der Waals surface area contributed by atoms with E-state index in [1.54, 1.807) is 0 Å². The summed E-state index contributed by atoms with van der Waals surface area (Å²) < 4.78 is 90.1. The summed E-state index contributed by atoms with van der Waals surface area (Å²) in [5.41, 5.74) is 3.88. The fraction of sp³-hybridized carbons (Fsp3) is 0.296. The van der Waals surface area contributed by atoms with E-state index in [9.17, 15) is 26.0 Å². The second-order valence-electron chi connectivity index (χ2n) is 9.76. The number of nitrogens with one attached hydrogen (secondary N) is 1. The van der Waals surface area contributed by atoms with E-state index < -0.39 is 60.9 Å². The zero-order chi connectivity index (χ0) is 31.7. The van der Waals surface area contributed by atoms with E-state index in [0.29, 0.717) is 10.1 Å². The van der Waals surface area contributed by atoms with Crippen LogP contribution in [-0.2, 0) is 25.6 Å². The molecule has 0 saturated heterocycles. The van der Waals surface area contributed by atoms with E-state index in [0.717, 1.165) is 41.7 Å². The van der Waals surface area contributed by atoms with E-state index >= 15 is 4.39 Å². The Morgan fingerprint density at radius 2 is 1.84 bits per heavy atom. The Bertz CT molecular complexity index is 1770. The van der Waals surface area contributed by atoms with Crippen LogP contribution in [0.1, 0.15) is 29.9 Å². The number of halogens is 2. The normalized spacial score (nSPS) is 20.0. The Hall–Kier alpha value is -4.15. The highest BCUT2D eigenvalue weighted by atomic mass is 32.2. The minimum Gasteiger partial charge on any atom is -0.495 e. The van der Waals surface area contributed by atoms with Gasteiger partial charge in [-0.15, -0.1) is 0 Å². The molecule has 0 unspecified atom stereocenters. The van der Waals surface area contributed by atoms with Crippen LogP contribution in [0.3, 0.4) is 0 Å². The van der Waals surface area contributed by atoms with E-state index in [4.69, 9.17) is 10.5 Å². The Kier molecular flexibility index (Phi) is 8.76. The third kappa shape index (κ3) is 6.03. The topological polar surface area (TPSA) is 164 Å². The monoisotopic (exact) mass is 636 g/mol. The average Bonchev–Trinajstić information content (AvgIpc) is 2.97. The van der Waals surface area contributed by atoms with Gasteiger partial charge in [-0.2, -0.15) is 4.31 Å². The SMILES string of the molecule is CCN(C[C@H]1[C@@](C)(c2cc(NC(=O)c3ccc(OC)cn3)ccc2F)N=C(N)N(C)S1(=O)=O)S(=O)(=O)c1ccc(F)cc1. The van der Waals surface area contributed by atoms with Gasteiger partial charge in [0, 0.05) is 31.4 Å². The van der Waals surface area contributed by atoms with Crippen LogP contribution in [0.4, 0.5) is 14.5 Å². The van der Waals surface area contributed by atoms with Crippen molar-refractivity contribution >= 4 is 37.6 Å². The molecule has 0 saturated carbocycles. The number of sulfonamides is 2. The van der Waals surface area contributed by atoms with Crippen molar-refractivity contribution in [3.63, 3.8) is 0 Å². The third-order valence-corrected chi connectivity index (χ3v) is 11.4. The smallest absolute Gasteiger partial charge is 0.274 e. The molecule has 0 aliphatic carbocycles. The molecular weight excluding hydrogens is 606 g/mol. The molecule has 1 aliphatic rings. The number of benzene rings is 2. The Morgan fingerprint density at radius 3 is 2.42 bits per heavy atom. The molecule has 2 heterocycles. The van der Waals surface area contributed by atoms with Crippen LogP contribution in [0.15, 0.2) is 70.7 Å². The van der Waals surface area contributed by atoms with Crippen LogP contribution in [0.2, 0.25) is 0 Å². The molecular formula is C27H30F2N6O6S2. The largest absolute Gasteiger partial charge is 0.495 e. The lowest BCUT2D eigenvalue weighted by Crippen LogP contribution is -2.60. The maximum atomic E-state index is 15.5. The summed E-state index contributed by atoms with van der Waals surface area (Å²) in [7, 11) is -6.14. The molecule has 2 aromatic carbocycles. The molecule has 2 atom stereocenters. The molecule has 43 heavy (non-hydrogen) atoms. The van der Waals surface area contributed by atoms with Crippen molar-refractivity contribution in [1.82, 2.24) is 13.6 Å². The van der Waals surface area contributed by atoms with Crippen molar-refractivity contribution in [2.24, 2.45) is 10.7 Å². The summed E-state index contributed by atoms with van der Waals surface area (Å²) >= 11 is 0. The summed E-state index contributed by atoms with van der Waals surface area (Å²) in [5, 5.41) is 0.922. The van der Waals surface area contributed by atoms with Gasteiger partial charge in [0.25, 0.3) is 5.91 Å². The molecule has 1 aliphatic heterocycles. The lowest BCUT2D eigenvalue weighted by molar-refractivity contribution is 0.102. The van der Waals surface area contributed by atoms with Crippen molar-refractivity contribution < 1.29 is 35.1 Å². The van der Waals surface area contributed by atoms with Crippen molar-refractivity contribution in [3.8, 4) is 5.75 Å². The highest BCUT2D eigenvalue weighted by Gasteiger charge is 2.53. The third-order valence-electron chi connectivity index (χ3n) is 7.19. The van der Waals surface area contributed by atoms with Gasteiger partial charge in [-0.25, -0.2) is 39.9 Å². The number of rotatable bonds is 9. The molecule has 0 radical (unpaired) electrons. The number of nitrogens with two attached hydrogens (primary N) is 1. The zero-order valence-electron chi connectivity index (χ0n) is 23.7. The number of carbonyl (C=O) groups excluding carboxylic acids is 1. The summed E-state index contributed by atoms with van der Waals surface area (Å²) in [5.74, 6) is -2.17. The lowest BCUT2D eigenvalue weighted by Gasteiger charge is -2.42. The fourth-order valence-corrected chi connectivity index (χ4v) is 8.03. The predicted molar refractivity (Wildman–Crippen MR) is 155 cm³/mol. The van der Waals surface area contributed by atoms with Crippen LogP contribution in [0, 0.1) is 11.6 Å². The molecule has 0 spiro atoms. The number of guanidine groups is 1. The number of amides is 1. The summed E-state index contributed by atoms with van der Waals surface area (Å²) in [6, 6.07) is 10.5. The van der Waals surface area contributed by atoms with Crippen molar-refractivity contribution in [2.45, 2.75) is 29.5 Å². The first-order valence-corrected chi connectivity index (χ1v) is 15.8. The van der Waals surface area contributed by atoms with Gasteiger partial charge in [0.15, 0.2) is 0 Å². The molecule has 16 heteroatoms. The van der Waals surface area contributed by atoms with Crippen molar-refractivity contribution in [2.75, 3.05) is 32.6 Å². The van der Waals surface area contributed by atoms with E-state index in [2.05, 4.69) is 15.3 Å². The van der Waals surface area contributed by atoms with Gasteiger partial charge in [-0.3, -0.25) is 4.79 Å². The van der Waals surface area contributed by atoms with Crippen molar-refractivity contribution in [1.29, 1.82) is 0 Å². The number of nitrogens with zero attached hydrogens (tertiary/aromatic N) is 4. The van der Waals surface area contributed by atoms with Crippen LogP contribution < -0.4 is 15.8 Å². The zero-order valence-corrected chi connectivity index (χ0v) is 25.3. The van der Waals surface area contributed by atoms with E-state index in [1.807, 2.05) is 0 Å². The second kappa shape index (κ2) is 11.9. The standard InChI is InChI=1S/C27H30F2N6O6S2/c1-5-35(42(37,38)20-10-6-17(28)7-11-20)16-24-27(2,33-26(30)34(3)43(24,39)40)21-14-18(8-12-22(21)29)32-25(36)23-13-9-19(41-4)15-31-23/h6-15,24H,5,16H2,1-4H3,(H2,30,33)(H,32,36)/t24-,27+/m0/s1. The number of methoxy groups -OCH3 is 1. The number of hydrogen-bond acceptors (Lipinski definition) is 9. The Morgan fingerprint density at radius 1 is 1.16 bits per heavy atom. The van der Waals surface area contributed by atoms with Crippen LogP contribution in [0.5, 0.6) is 5.75 Å². The lowest BCUT2D eigenvalue weighted by atomic mass is 9.87. The quantitative estimate of drug-likeness (QED) is 0.362. The molecule has 230 valence electrons. The summed E-state index contributed by atoms with van der Waals surface area (Å²) in [6.45, 7) is 2.00. The van der Waals surface area contributed by atoms with Crippen molar-refractivity contribution in [3.05, 3.63) is 83.7 Å². The summed E-state index contributed by atoms with van der Waals surface area (Å²) in [4.78, 5) is 20.9. The predicted octanol–water partition coefficient (Wildman–Crippen LogP) is 2.51. The second-order valence-corrected chi connectivity index (χ2v) is 13.8. The molecule has 3 aromatic rings. The number of hydrogen-bond donors (Lipinski definition) is 2. The van der Waals surface area contributed by atoms with Gasteiger partial charge < -0.3 is 15.8 Å². The van der Waals surface area contributed by atoms with E-state index in [-0.39, 0.29) is 28.4 Å². The molecule has 0 fully saturated rings. The van der Waals surface area contributed by atoms with Gasteiger partial charge in [0.2, 0.25) is 26.0 Å². The Balaban J connectivity index is 1.77. The van der Waals surface area contributed by atoms with E-state index in [1.165, 1.54) is 51.4 Å². The molecule has 0 bridgehead atoms. The highest BCUT2D eigenvalue weighted by molar-refractivity contribution is 7.90. The highest BCUT2D eigenvalue weighted by Crippen LogP contribution is 2.41. The maximum Gasteiger partial charge on any atom is 0.274 e. The van der Waals surface area contributed by atoms with Gasteiger partial charge in [0.05, 0.1) is 18.2 Å². The van der Waals surface area contributed by atoms with Gasteiger partial charge in [-0.1, -0.05) is 6.92 Å². The van der Waals surface area contributed by atoms with Gasteiger partial charge >= 0.3 is 0 Å². The fourth-order valence-electron chi connectivity index (χ4n) is 4.66. The number of pyridine rings is 1. The number of ether oxygens (including phenoxy) is 1. The number of aromatic nitrogens is 1. The molecule has 1 amide bonds. The average molecular weight is 637 g/mol. The minimum absolute atomic E-state index is 0.0319. The number of anilines is 1. The van der Waals surface area contributed by atoms with Gasteiger partial charge in [-0.05, 0) is 61.5 Å². The van der Waals surface area contributed by atoms with Crippen LogP contribution >= 0.6 is 0 Å². The first-order valence-electron chi connectivity index (χ1n) is 12.8. The number of aliphatic imine (C=N–C) groups is 1. The summed E-state index contributed by atoms with van der Waals surface area (Å²) in [6.07, 6.45) is 1.34. The van der Waals surface area contributed by atoms with Gasteiger partial charge in [0.1, 0.15) is 33.9 Å². The Labute approximate surface area is 248 Å². The number of carbonyl (C=O) groups is 1. The molecule has 1 aromatic heterocycles. The van der Waals surface area contributed by atoms with Crippen LogP contribution in [0.25, 0.3) is 0 Å². The first-order chi connectivity index (χ1) is 20.1. The minimum atomic E-state index is -4.43. The molecule has 3 N–H and O–H groups in total. The molecule has 12 nitrogen and oxygen atoms in total. The maximum absolute atomic E-state index is 15.5. The first kappa shape index (κ1) is 31.8.